The van der Waals surface area contributed by atoms with Gasteiger partial charge in [-0.25, -0.2) is 9.59 Å². The van der Waals surface area contributed by atoms with Crippen molar-refractivity contribution < 1.29 is 42.1 Å². The van der Waals surface area contributed by atoms with Crippen LogP contribution in [0.2, 0.25) is 0 Å². The lowest BCUT2D eigenvalue weighted by molar-refractivity contribution is -0.274. The topological polar surface area (TPSA) is 88.5 Å². The molecule has 2 saturated heterocycles. The van der Waals surface area contributed by atoms with Crippen LogP contribution in [0.25, 0.3) is 0 Å². The average Bonchev–Trinajstić information content (AvgIpc) is 2.66. The molecule has 8 nitrogen and oxygen atoms in total. The van der Waals surface area contributed by atoms with Crippen molar-refractivity contribution in [3.63, 3.8) is 0 Å². The van der Waals surface area contributed by atoms with E-state index in [1.54, 1.807) is 4.90 Å². The summed E-state index contributed by atoms with van der Waals surface area (Å²) in [6.45, 7) is 2.16. The van der Waals surface area contributed by atoms with Gasteiger partial charge in [-0.1, -0.05) is 12.1 Å². The van der Waals surface area contributed by atoms with Gasteiger partial charge in [-0.05, 0) is 24.1 Å². The summed E-state index contributed by atoms with van der Waals surface area (Å²) in [5.41, 5.74) is 0.665. The Morgan fingerprint density at radius 2 is 1.72 bits per heavy atom. The van der Waals surface area contributed by atoms with E-state index in [1.807, 2.05) is 0 Å². The van der Waals surface area contributed by atoms with Gasteiger partial charge in [0.1, 0.15) is 11.9 Å². The highest BCUT2D eigenvalue weighted by atomic mass is 19.4. The van der Waals surface area contributed by atoms with Gasteiger partial charge in [0.25, 0.3) is 0 Å². The molecule has 160 valence electrons. The van der Waals surface area contributed by atoms with Gasteiger partial charge in [-0.3, -0.25) is 0 Å². The molecular weight excluding hydrogens is 397 g/mol. The molecule has 2 atom stereocenters. The summed E-state index contributed by atoms with van der Waals surface area (Å²) in [6, 6.07) is 5.10. The van der Waals surface area contributed by atoms with Gasteiger partial charge < -0.3 is 29.1 Å². The molecule has 2 amide bonds. The van der Waals surface area contributed by atoms with Gasteiger partial charge in [0.2, 0.25) is 0 Å². The Hall–Kier alpha value is -2.69. The molecule has 0 bridgehead atoms. The van der Waals surface area contributed by atoms with Crippen LogP contribution in [0.1, 0.15) is 17.9 Å². The average molecular weight is 418 g/mol. The Labute approximate surface area is 164 Å². The predicted molar refractivity (Wildman–Crippen MR) is 92.7 cm³/mol. The van der Waals surface area contributed by atoms with Crippen LogP contribution in [0.5, 0.6) is 5.75 Å². The van der Waals surface area contributed by atoms with E-state index in [2.05, 4.69) is 4.74 Å². The van der Waals surface area contributed by atoms with E-state index in [-0.39, 0.29) is 24.2 Å². The molecular formula is C18H21F3N2O6. The summed E-state index contributed by atoms with van der Waals surface area (Å²) in [5.74, 6) is -0.644. The number of urea groups is 1. The largest absolute Gasteiger partial charge is 0.573 e. The second kappa shape index (κ2) is 8.76. The smallest absolute Gasteiger partial charge is 0.450 e. The molecule has 11 heteroatoms. The molecule has 1 aromatic carbocycles. The van der Waals surface area contributed by atoms with Gasteiger partial charge in [-0.2, -0.15) is 0 Å². The predicted octanol–water partition coefficient (Wildman–Crippen LogP) is 2.89. The molecule has 0 aromatic heterocycles. The number of benzene rings is 1. The van der Waals surface area contributed by atoms with E-state index in [9.17, 15) is 22.8 Å². The van der Waals surface area contributed by atoms with Crippen molar-refractivity contribution in [1.82, 2.24) is 9.80 Å². The van der Waals surface area contributed by atoms with Gasteiger partial charge in [0.05, 0.1) is 19.8 Å². The number of carbonyl (C=O) groups is 2. The molecule has 0 radical (unpaired) electrons. The number of hydrogen-bond acceptors (Lipinski definition) is 5. The normalized spacial score (nSPS) is 22.9. The van der Waals surface area contributed by atoms with Crippen LogP contribution in [-0.2, 0) is 9.47 Å². The van der Waals surface area contributed by atoms with E-state index in [1.165, 1.54) is 29.2 Å². The highest BCUT2D eigenvalue weighted by Crippen LogP contribution is 2.31. The Morgan fingerprint density at radius 1 is 1.07 bits per heavy atom. The zero-order valence-electron chi connectivity index (χ0n) is 15.4. The van der Waals surface area contributed by atoms with Crippen LogP contribution in [0.4, 0.5) is 22.8 Å². The Bertz CT molecular complexity index is 721. The molecule has 0 spiro atoms. The lowest BCUT2D eigenvalue weighted by Crippen LogP contribution is -2.54. The monoisotopic (exact) mass is 418 g/mol. The Balaban J connectivity index is 1.74. The van der Waals surface area contributed by atoms with E-state index >= 15 is 0 Å². The number of piperidine rings is 1. The van der Waals surface area contributed by atoms with Crippen molar-refractivity contribution in [2.24, 2.45) is 0 Å². The first-order valence-electron chi connectivity index (χ1n) is 9.08. The van der Waals surface area contributed by atoms with Crippen LogP contribution in [0, 0.1) is 0 Å². The van der Waals surface area contributed by atoms with Crippen molar-refractivity contribution >= 4 is 12.2 Å². The van der Waals surface area contributed by atoms with Crippen LogP contribution in [0.3, 0.4) is 0 Å². The van der Waals surface area contributed by atoms with Crippen molar-refractivity contribution in [2.45, 2.75) is 24.8 Å². The summed E-state index contributed by atoms with van der Waals surface area (Å²) in [5, 5.41) is 8.97. The second-order valence-electron chi connectivity index (χ2n) is 6.84. The summed E-state index contributed by atoms with van der Waals surface area (Å²) < 4.78 is 51.0. The van der Waals surface area contributed by atoms with E-state index < -0.39 is 18.6 Å². The van der Waals surface area contributed by atoms with Gasteiger partial charge in [-0.15, -0.1) is 13.2 Å². The molecule has 0 saturated carbocycles. The number of hydrogen-bond donors (Lipinski definition) is 1. The van der Waals surface area contributed by atoms with E-state index in [0.29, 0.717) is 44.8 Å². The van der Waals surface area contributed by atoms with Crippen LogP contribution < -0.4 is 4.74 Å². The van der Waals surface area contributed by atoms with E-state index in [4.69, 9.17) is 14.6 Å². The number of alkyl halides is 3. The third-order valence-electron chi connectivity index (χ3n) is 4.82. The second-order valence-corrected chi connectivity index (χ2v) is 6.84. The highest BCUT2D eigenvalue weighted by Gasteiger charge is 2.35. The lowest BCUT2D eigenvalue weighted by Gasteiger charge is -2.40. The molecule has 0 aliphatic carbocycles. The maximum atomic E-state index is 12.8. The molecule has 2 aliphatic rings. The lowest BCUT2D eigenvalue weighted by atomic mass is 9.89. The molecule has 2 heterocycles. The summed E-state index contributed by atoms with van der Waals surface area (Å²) in [6.07, 6.45) is -6.64. The summed E-state index contributed by atoms with van der Waals surface area (Å²) in [7, 11) is 0. The Kier molecular flexibility index (Phi) is 6.36. The molecule has 1 N–H and O–H groups in total. The minimum Gasteiger partial charge on any atom is -0.450 e. The van der Waals surface area contributed by atoms with Crippen molar-refractivity contribution in [1.29, 1.82) is 0 Å². The van der Waals surface area contributed by atoms with Crippen LogP contribution in [0.15, 0.2) is 24.3 Å². The summed E-state index contributed by atoms with van der Waals surface area (Å²) in [4.78, 5) is 27.0. The highest BCUT2D eigenvalue weighted by molar-refractivity contribution is 5.75. The van der Waals surface area contributed by atoms with Crippen molar-refractivity contribution in [3.05, 3.63) is 29.8 Å². The van der Waals surface area contributed by atoms with Crippen LogP contribution >= 0.6 is 0 Å². The number of morpholine rings is 1. The Morgan fingerprint density at radius 3 is 2.31 bits per heavy atom. The zero-order valence-corrected chi connectivity index (χ0v) is 15.4. The van der Waals surface area contributed by atoms with Crippen LogP contribution in [-0.4, -0.2) is 79.0 Å². The minimum atomic E-state index is -4.78. The number of carbonyl (C=O) groups excluding carboxylic acids is 1. The number of ether oxygens (including phenoxy) is 3. The fourth-order valence-corrected chi connectivity index (χ4v) is 3.57. The fourth-order valence-electron chi connectivity index (χ4n) is 3.57. The standard InChI is InChI=1S/C18H21F3N2O6/c19-18(20,21)29-14-3-1-12(2-4-14)13-9-15(28-17(25)26)11-23(10-13)16(24)22-5-7-27-8-6-22/h1-4,13,15H,5-11H2,(H,25,26). The maximum absolute atomic E-state index is 12.8. The van der Waals surface area contributed by atoms with Crippen molar-refractivity contribution in [2.75, 3.05) is 39.4 Å². The third-order valence-corrected chi connectivity index (χ3v) is 4.82. The zero-order chi connectivity index (χ0) is 21.0. The molecule has 1 aromatic rings. The maximum Gasteiger partial charge on any atom is 0.573 e. The first kappa shape index (κ1) is 21.0. The SMILES string of the molecule is O=C(O)OC1CC(c2ccc(OC(F)(F)F)cc2)CN(C(=O)N2CCOCC2)C1. The van der Waals surface area contributed by atoms with Crippen molar-refractivity contribution in [3.8, 4) is 5.75 Å². The molecule has 3 rings (SSSR count). The molecule has 2 fully saturated rings. The summed E-state index contributed by atoms with van der Waals surface area (Å²) >= 11 is 0. The number of likely N-dealkylation sites (tertiary alicyclic amines) is 1. The third kappa shape index (κ3) is 5.89. The first-order valence-corrected chi connectivity index (χ1v) is 9.08. The minimum absolute atomic E-state index is 0.119. The quantitative estimate of drug-likeness (QED) is 0.760. The number of halogens is 3. The molecule has 2 unspecified atom stereocenters. The van der Waals surface area contributed by atoms with Gasteiger partial charge >= 0.3 is 18.5 Å². The molecule has 2 aliphatic heterocycles. The molecule has 29 heavy (non-hydrogen) atoms. The first-order chi connectivity index (χ1) is 13.7. The van der Waals surface area contributed by atoms with Gasteiger partial charge in [0.15, 0.2) is 0 Å². The number of amides is 2. The van der Waals surface area contributed by atoms with Gasteiger partial charge in [0, 0.05) is 25.6 Å². The number of carboxylic acid groups (broad SMARTS) is 1. The number of nitrogens with zero attached hydrogens (tertiary/aromatic N) is 2. The number of rotatable bonds is 3. The van der Waals surface area contributed by atoms with E-state index in [0.717, 1.165) is 0 Å². The fraction of sp³-hybridized carbons (Fsp3) is 0.556.